The summed E-state index contributed by atoms with van der Waals surface area (Å²) in [6.07, 6.45) is 7.05. The first-order valence-electron chi connectivity index (χ1n) is 5.83. The van der Waals surface area contributed by atoms with E-state index in [2.05, 4.69) is 74.2 Å². The van der Waals surface area contributed by atoms with Gasteiger partial charge in [0.25, 0.3) is 0 Å². The molecule has 1 heteroatoms. The van der Waals surface area contributed by atoms with Crippen LogP contribution in [0.4, 0.5) is 0 Å². The SMILES string of the molecule is Cc1ccc(-c2ccccc2)cc1S(C)(C)C. The Labute approximate surface area is 106 Å². The maximum atomic E-state index is 2.36. The fraction of sp³-hybridized carbons (Fsp3) is 0.250. The maximum Gasteiger partial charge on any atom is -0.00708 e. The van der Waals surface area contributed by atoms with Gasteiger partial charge in [-0.2, -0.15) is 0 Å². The second-order valence-electron chi connectivity index (χ2n) is 5.18. The molecular formula is C16H20S. The van der Waals surface area contributed by atoms with Crippen molar-refractivity contribution in [3.8, 4) is 11.1 Å². The van der Waals surface area contributed by atoms with E-state index in [1.807, 2.05) is 0 Å². The van der Waals surface area contributed by atoms with Gasteiger partial charge in [0, 0.05) is 0 Å². The Balaban J connectivity index is 2.53. The van der Waals surface area contributed by atoms with E-state index in [0.717, 1.165) is 0 Å². The van der Waals surface area contributed by atoms with Crippen LogP contribution < -0.4 is 0 Å². The van der Waals surface area contributed by atoms with Crippen LogP contribution in [0, 0.1) is 6.92 Å². The molecule has 0 unspecified atom stereocenters. The molecule has 0 fully saturated rings. The van der Waals surface area contributed by atoms with E-state index < -0.39 is 10.0 Å². The highest BCUT2D eigenvalue weighted by Gasteiger charge is 2.12. The Hall–Kier alpha value is -1.21. The number of aryl methyl sites for hydroxylation is 1. The molecule has 0 aliphatic rings. The highest BCUT2D eigenvalue weighted by Crippen LogP contribution is 2.47. The van der Waals surface area contributed by atoms with Crippen molar-refractivity contribution in [3.63, 3.8) is 0 Å². The lowest BCUT2D eigenvalue weighted by atomic mass is 10.0. The molecule has 90 valence electrons. The van der Waals surface area contributed by atoms with Gasteiger partial charge in [0.05, 0.1) is 0 Å². The van der Waals surface area contributed by atoms with Crippen LogP contribution in [0.1, 0.15) is 5.56 Å². The molecule has 0 saturated carbocycles. The van der Waals surface area contributed by atoms with Gasteiger partial charge in [0.1, 0.15) is 0 Å². The highest BCUT2D eigenvalue weighted by atomic mass is 32.3. The van der Waals surface area contributed by atoms with Gasteiger partial charge in [-0.1, -0.05) is 42.5 Å². The summed E-state index contributed by atoms with van der Waals surface area (Å²) in [6, 6.07) is 17.4. The standard InChI is InChI=1S/C16H20S/c1-13-10-11-15(12-16(13)17(2,3)4)14-8-6-5-7-9-14/h5-12H,1-4H3. The third-order valence-electron chi connectivity index (χ3n) is 2.96. The number of rotatable bonds is 2. The van der Waals surface area contributed by atoms with E-state index >= 15 is 0 Å². The summed E-state index contributed by atoms with van der Waals surface area (Å²) in [7, 11) is -0.664. The van der Waals surface area contributed by atoms with Crippen molar-refractivity contribution in [1.82, 2.24) is 0 Å². The van der Waals surface area contributed by atoms with E-state index in [0.29, 0.717) is 0 Å². The second kappa shape index (κ2) is 4.58. The van der Waals surface area contributed by atoms with Gasteiger partial charge in [0.2, 0.25) is 0 Å². The topological polar surface area (TPSA) is 0 Å². The summed E-state index contributed by atoms with van der Waals surface area (Å²) < 4.78 is 0. The summed E-state index contributed by atoms with van der Waals surface area (Å²) >= 11 is 0. The average molecular weight is 244 g/mol. The molecule has 0 aliphatic carbocycles. The Morgan fingerprint density at radius 3 is 2.00 bits per heavy atom. The molecule has 17 heavy (non-hydrogen) atoms. The van der Waals surface area contributed by atoms with Crippen LogP contribution in [0.2, 0.25) is 0 Å². The third-order valence-corrected chi connectivity index (χ3v) is 4.71. The van der Waals surface area contributed by atoms with Gasteiger partial charge in [0.15, 0.2) is 0 Å². The predicted molar refractivity (Wildman–Crippen MR) is 80.2 cm³/mol. The zero-order valence-electron chi connectivity index (χ0n) is 11.0. The van der Waals surface area contributed by atoms with Crippen molar-refractivity contribution in [3.05, 3.63) is 54.1 Å². The van der Waals surface area contributed by atoms with Crippen molar-refractivity contribution in [2.24, 2.45) is 0 Å². The van der Waals surface area contributed by atoms with Crippen LogP contribution in [-0.2, 0) is 0 Å². The molecule has 0 nitrogen and oxygen atoms in total. The summed E-state index contributed by atoms with van der Waals surface area (Å²) in [6.45, 7) is 2.21. The Bertz CT molecular complexity index is 507. The van der Waals surface area contributed by atoms with Gasteiger partial charge >= 0.3 is 0 Å². The average Bonchev–Trinajstić information content (AvgIpc) is 2.29. The minimum atomic E-state index is -0.664. The third kappa shape index (κ3) is 2.73. The lowest BCUT2D eigenvalue weighted by molar-refractivity contribution is 1.29. The monoisotopic (exact) mass is 244 g/mol. The van der Waals surface area contributed by atoms with Crippen LogP contribution in [-0.4, -0.2) is 18.8 Å². The van der Waals surface area contributed by atoms with Crippen LogP contribution in [0.15, 0.2) is 53.4 Å². The second-order valence-corrected chi connectivity index (χ2v) is 9.30. The fourth-order valence-corrected chi connectivity index (χ4v) is 3.58. The number of benzene rings is 2. The Morgan fingerprint density at radius 1 is 0.765 bits per heavy atom. The van der Waals surface area contributed by atoms with Gasteiger partial charge in [-0.15, -0.1) is 0 Å². The first-order valence-corrected chi connectivity index (χ1v) is 8.69. The summed E-state index contributed by atoms with van der Waals surface area (Å²) in [5, 5.41) is 0. The van der Waals surface area contributed by atoms with Crippen LogP contribution in [0.25, 0.3) is 11.1 Å². The fourth-order valence-electron chi connectivity index (χ4n) is 2.07. The molecule has 0 atom stereocenters. The van der Waals surface area contributed by atoms with Crippen LogP contribution >= 0.6 is 10.0 Å². The molecule has 0 saturated heterocycles. The minimum Gasteiger partial charge on any atom is -0.223 e. The normalized spacial score (nSPS) is 12.5. The Kier molecular flexibility index (Phi) is 3.30. The molecule has 2 aromatic carbocycles. The van der Waals surface area contributed by atoms with Gasteiger partial charge in [-0.25, -0.2) is 10.0 Å². The zero-order valence-corrected chi connectivity index (χ0v) is 11.8. The first-order chi connectivity index (χ1) is 7.98. The van der Waals surface area contributed by atoms with E-state index in [-0.39, 0.29) is 0 Å². The molecule has 2 rings (SSSR count). The molecule has 0 aliphatic heterocycles. The van der Waals surface area contributed by atoms with Crippen molar-refractivity contribution >= 4 is 10.0 Å². The van der Waals surface area contributed by atoms with E-state index in [1.165, 1.54) is 21.6 Å². The summed E-state index contributed by atoms with van der Waals surface area (Å²) in [4.78, 5) is 1.51. The zero-order chi connectivity index (χ0) is 12.5. The lowest BCUT2D eigenvalue weighted by Gasteiger charge is -2.28. The largest absolute Gasteiger partial charge is 0.223 e. The van der Waals surface area contributed by atoms with Crippen molar-refractivity contribution in [2.45, 2.75) is 11.8 Å². The van der Waals surface area contributed by atoms with Crippen LogP contribution in [0.5, 0.6) is 0 Å². The lowest BCUT2D eigenvalue weighted by Crippen LogP contribution is -1.96. The van der Waals surface area contributed by atoms with Gasteiger partial charge < -0.3 is 0 Å². The highest BCUT2D eigenvalue weighted by molar-refractivity contribution is 8.32. The molecule has 0 aromatic heterocycles. The van der Waals surface area contributed by atoms with E-state index in [4.69, 9.17) is 0 Å². The molecular weight excluding hydrogens is 224 g/mol. The Morgan fingerprint density at radius 2 is 1.41 bits per heavy atom. The number of hydrogen-bond donors (Lipinski definition) is 0. The van der Waals surface area contributed by atoms with Crippen LogP contribution in [0.3, 0.4) is 0 Å². The molecule has 2 aromatic rings. The minimum absolute atomic E-state index is 0.664. The van der Waals surface area contributed by atoms with Gasteiger partial charge in [-0.3, -0.25) is 0 Å². The smallest absolute Gasteiger partial charge is 0.00708 e. The molecule has 0 amide bonds. The van der Waals surface area contributed by atoms with E-state index in [1.54, 1.807) is 0 Å². The van der Waals surface area contributed by atoms with Crippen molar-refractivity contribution < 1.29 is 0 Å². The summed E-state index contributed by atoms with van der Waals surface area (Å²) in [5.41, 5.74) is 4.04. The predicted octanol–water partition coefficient (Wildman–Crippen LogP) is 4.71. The maximum absolute atomic E-state index is 2.36. The molecule has 0 radical (unpaired) electrons. The molecule has 0 N–H and O–H groups in total. The van der Waals surface area contributed by atoms with Crippen molar-refractivity contribution in [2.75, 3.05) is 18.8 Å². The first kappa shape index (κ1) is 12.3. The summed E-state index contributed by atoms with van der Waals surface area (Å²) in [5.74, 6) is 0. The van der Waals surface area contributed by atoms with E-state index in [9.17, 15) is 0 Å². The molecule has 0 bridgehead atoms. The number of hydrogen-bond acceptors (Lipinski definition) is 0. The molecule has 0 spiro atoms. The van der Waals surface area contributed by atoms with Crippen molar-refractivity contribution in [1.29, 1.82) is 0 Å². The molecule has 0 heterocycles. The van der Waals surface area contributed by atoms with Gasteiger partial charge in [-0.05, 0) is 53.3 Å². The quantitative estimate of drug-likeness (QED) is 0.717.